The van der Waals surface area contributed by atoms with E-state index < -0.39 is 0 Å². The summed E-state index contributed by atoms with van der Waals surface area (Å²) in [5, 5.41) is 0. The Balaban J connectivity index is 2.69. The van der Waals surface area contributed by atoms with Crippen molar-refractivity contribution in [2.24, 2.45) is 17.6 Å². The quantitative estimate of drug-likeness (QED) is 0.725. The molecular formula is C11H22N2O. The largest absolute Gasteiger partial charge is 0.338 e. The lowest BCUT2D eigenvalue weighted by molar-refractivity contribution is -0.139. The van der Waals surface area contributed by atoms with Crippen molar-refractivity contribution in [3.05, 3.63) is 0 Å². The maximum atomic E-state index is 11.9. The fourth-order valence-electron chi connectivity index (χ4n) is 2.21. The Morgan fingerprint density at radius 1 is 1.57 bits per heavy atom. The Bertz CT molecular complexity index is 203. The molecule has 1 rings (SSSR count). The lowest BCUT2D eigenvalue weighted by Crippen LogP contribution is -2.52. The molecule has 1 heterocycles. The zero-order valence-electron chi connectivity index (χ0n) is 9.49. The molecular weight excluding hydrogens is 176 g/mol. The first-order chi connectivity index (χ1) is 6.57. The molecule has 3 nitrogen and oxygen atoms in total. The first-order valence-corrected chi connectivity index (χ1v) is 5.58. The van der Waals surface area contributed by atoms with Crippen molar-refractivity contribution in [1.29, 1.82) is 0 Å². The molecule has 2 unspecified atom stereocenters. The predicted molar refractivity (Wildman–Crippen MR) is 57.8 cm³/mol. The Hall–Kier alpha value is -0.570. The average molecular weight is 198 g/mol. The molecule has 0 spiro atoms. The van der Waals surface area contributed by atoms with Crippen LogP contribution < -0.4 is 5.73 Å². The molecule has 2 N–H and O–H groups in total. The van der Waals surface area contributed by atoms with Gasteiger partial charge in [0.25, 0.3) is 0 Å². The van der Waals surface area contributed by atoms with Crippen LogP contribution in [0.2, 0.25) is 0 Å². The third-order valence-corrected chi connectivity index (χ3v) is 3.13. The van der Waals surface area contributed by atoms with E-state index in [1.807, 2.05) is 18.7 Å². The Morgan fingerprint density at radius 2 is 2.21 bits per heavy atom. The summed E-state index contributed by atoms with van der Waals surface area (Å²) >= 11 is 0. The normalized spacial score (nSPS) is 28.2. The molecule has 14 heavy (non-hydrogen) atoms. The third kappa shape index (κ3) is 2.27. The van der Waals surface area contributed by atoms with Crippen LogP contribution in [0.5, 0.6) is 0 Å². The van der Waals surface area contributed by atoms with Gasteiger partial charge in [0.2, 0.25) is 5.91 Å². The van der Waals surface area contributed by atoms with Crippen LogP contribution in [0.1, 0.15) is 33.6 Å². The van der Waals surface area contributed by atoms with Crippen molar-refractivity contribution in [3.8, 4) is 0 Å². The summed E-state index contributed by atoms with van der Waals surface area (Å²) in [6, 6.07) is 0.263. The molecule has 0 bridgehead atoms. The second-order valence-electron chi connectivity index (χ2n) is 4.61. The number of amides is 1. The molecule has 3 heteroatoms. The fraction of sp³-hybridized carbons (Fsp3) is 0.909. The first-order valence-electron chi connectivity index (χ1n) is 5.58. The van der Waals surface area contributed by atoms with Crippen LogP contribution in [0.4, 0.5) is 0 Å². The highest BCUT2D eigenvalue weighted by atomic mass is 16.2. The molecule has 0 saturated carbocycles. The zero-order valence-corrected chi connectivity index (χ0v) is 9.49. The van der Waals surface area contributed by atoms with Crippen molar-refractivity contribution >= 4 is 5.91 Å². The Labute approximate surface area is 86.6 Å². The summed E-state index contributed by atoms with van der Waals surface area (Å²) < 4.78 is 0. The summed E-state index contributed by atoms with van der Waals surface area (Å²) in [6.07, 6.45) is 2.32. The van der Waals surface area contributed by atoms with Gasteiger partial charge in [-0.15, -0.1) is 0 Å². The van der Waals surface area contributed by atoms with Crippen molar-refractivity contribution in [2.45, 2.75) is 39.7 Å². The van der Waals surface area contributed by atoms with Crippen LogP contribution in [0.25, 0.3) is 0 Å². The molecule has 1 amide bonds. The summed E-state index contributed by atoms with van der Waals surface area (Å²) in [5.74, 6) is 0.901. The molecule has 82 valence electrons. The average Bonchev–Trinajstić information content (AvgIpc) is 2.16. The van der Waals surface area contributed by atoms with Crippen LogP contribution in [0.15, 0.2) is 0 Å². The molecule has 0 aromatic rings. The molecule has 1 saturated heterocycles. The number of likely N-dealkylation sites (tertiary alicyclic amines) is 1. The van der Waals surface area contributed by atoms with Gasteiger partial charge in [-0.2, -0.15) is 0 Å². The first kappa shape index (κ1) is 11.5. The number of hydrogen-bond acceptors (Lipinski definition) is 2. The molecule has 1 fully saturated rings. The highest BCUT2D eigenvalue weighted by Gasteiger charge is 2.31. The van der Waals surface area contributed by atoms with E-state index in [9.17, 15) is 4.79 Å². The van der Waals surface area contributed by atoms with E-state index in [1.54, 1.807) is 0 Å². The molecule has 0 aliphatic carbocycles. The number of hydrogen-bond donors (Lipinski definition) is 1. The smallest absolute Gasteiger partial charge is 0.225 e. The van der Waals surface area contributed by atoms with E-state index in [-0.39, 0.29) is 17.9 Å². The van der Waals surface area contributed by atoms with Gasteiger partial charge < -0.3 is 10.6 Å². The van der Waals surface area contributed by atoms with E-state index in [1.165, 1.54) is 6.42 Å². The topological polar surface area (TPSA) is 46.3 Å². The van der Waals surface area contributed by atoms with Crippen LogP contribution in [0, 0.1) is 11.8 Å². The summed E-state index contributed by atoms with van der Waals surface area (Å²) in [6.45, 7) is 7.59. The maximum Gasteiger partial charge on any atom is 0.225 e. The lowest BCUT2D eigenvalue weighted by atomic mass is 9.90. The van der Waals surface area contributed by atoms with Gasteiger partial charge in [-0.05, 0) is 18.8 Å². The Kier molecular flexibility index (Phi) is 3.93. The van der Waals surface area contributed by atoms with Gasteiger partial charge in [-0.1, -0.05) is 20.8 Å². The van der Waals surface area contributed by atoms with Crippen molar-refractivity contribution in [2.75, 3.05) is 13.1 Å². The van der Waals surface area contributed by atoms with Gasteiger partial charge >= 0.3 is 0 Å². The number of piperidine rings is 1. The van der Waals surface area contributed by atoms with Gasteiger partial charge in [0.05, 0.1) is 0 Å². The molecule has 1 aliphatic heterocycles. The van der Waals surface area contributed by atoms with Gasteiger partial charge in [0.1, 0.15) is 0 Å². The summed E-state index contributed by atoms with van der Waals surface area (Å²) in [5.41, 5.74) is 5.73. The second kappa shape index (κ2) is 4.78. The SMILES string of the molecule is CC(C)C(=O)N1CCCC(C)C1CN. The molecule has 0 aromatic carbocycles. The molecule has 2 atom stereocenters. The standard InChI is InChI=1S/C11H22N2O/c1-8(2)11(14)13-6-4-5-9(3)10(13)7-12/h8-10H,4-7,12H2,1-3H3. The fourth-order valence-corrected chi connectivity index (χ4v) is 2.21. The van der Waals surface area contributed by atoms with Gasteiger partial charge in [0, 0.05) is 25.0 Å². The number of rotatable bonds is 2. The van der Waals surface area contributed by atoms with E-state index in [0.717, 1.165) is 13.0 Å². The molecule has 0 aromatic heterocycles. The highest BCUT2D eigenvalue weighted by Crippen LogP contribution is 2.23. The van der Waals surface area contributed by atoms with Crippen molar-refractivity contribution in [1.82, 2.24) is 4.90 Å². The number of nitrogens with zero attached hydrogens (tertiary/aromatic N) is 1. The number of nitrogens with two attached hydrogens (primary N) is 1. The maximum absolute atomic E-state index is 11.9. The van der Waals surface area contributed by atoms with E-state index in [2.05, 4.69) is 6.92 Å². The van der Waals surface area contributed by atoms with E-state index >= 15 is 0 Å². The number of carbonyl (C=O) groups excluding carboxylic acids is 1. The zero-order chi connectivity index (χ0) is 10.7. The summed E-state index contributed by atoms with van der Waals surface area (Å²) in [4.78, 5) is 13.9. The molecule has 1 aliphatic rings. The van der Waals surface area contributed by atoms with Gasteiger partial charge in [0.15, 0.2) is 0 Å². The predicted octanol–water partition coefficient (Wildman–Crippen LogP) is 1.23. The van der Waals surface area contributed by atoms with E-state index in [4.69, 9.17) is 5.73 Å². The van der Waals surface area contributed by atoms with E-state index in [0.29, 0.717) is 12.5 Å². The number of carbonyl (C=O) groups is 1. The van der Waals surface area contributed by atoms with Crippen LogP contribution >= 0.6 is 0 Å². The minimum Gasteiger partial charge on any atom is -0.338 e. The van der Waals surface area contributed by atoms with Gasteiger partial charge in [-0.25, -0.2) is 0 Å². The Morgan fingerprint density at radius 3 is 2.71 bits per heavy atom. The van der Waals surface area contributed by atoms with Crippen LogP contribution in [-0.4, -0.2) is 29.9 Å². The highest BCUT2D eigenvalue weighted by molar-refractivity contribution is 5.78. The van der Waals surface area contributed by atoms with Crippen molar-refractivity contribution in [3.63, 3.8) is 0 Å². The van der Waals surface area contributed by atoms with Gasteiger partial charge in [-0.3, -0.25) is 4.79 Å². The van der Waals surface area contributed by atoms with Crippen LogP contribution in [-0.2, 0) is 4.79 Å². The third-order valence-electron chi connectivity index (χ3n) is 3.13. The van der Waals surface area contributed by atoms with Crippen molar-refractivity contribution < 1.29 is 4.79 Å². The lowest BCUT2D eigenvalue weighted by Gasteiger charge is -2.40. The minimum atomic E-state index is 0.0920. The summed E-state index contributed by atoms with van der Waals surface area (Å²) in [7, 11) is 0. The van der Waals surface area contributed by atoms with Crippen LogP contribution in [0.3, 0.4) is 0 Å². The second-order valence-corrected chi connectivity index (χ2v) is 4.61. The minimum absolute atomic E-state index is 0.0920. The molecule has 0 radical (unpaired) electrons. The monoisotopic (exact) mass is 198 g/mol.